The van der Waals surface area contributed by atoms with Crippen molar-refractivity contribution in [3.63, 3.8) is 0 Å². The molecule has 0 spiro atoms. The third-order valence-corrected chi connectivity index (χ3v) is 2.59. The molecule has 2 rings (SSSR count). The minimum Gasteiger partial charge on any atom is -0.369 e. The van der Waals surface area contributed by atoms with Crippen molar-refractivity contribution in [3.05, 3.63) is 23.8 Å². The molecule has 1 fully saturated rings. The molecule has 0 bridgehead atoms. The third-order valence-electron chi connectivity index (χ3n) is 2.59. The van der Waals surface area contributed by atoms with Gasteiger partial charge in [-0.3, -0.25) is 0 Å². The Labute approximate surface area is 82.7 Å². The second kappa shape index (κ2) is 3.53. The fraction of sp³-hybridized carbons (Fsp3) is 0.500. The van der Waals surface area contributed by atoms with Gasteiger partial charge in [0.15, 0.2) is 0 Å². The van der Waals surface area contributed by atoms with Crippen LogP contribution >= 0.6 is 0 Å². The van der Waals surface area contributed by atoms with Crippen LogP contribution in [0.4, 0.5) is 10.1 Å². The first-order valence-electron chi connectivity index (χ1n) is 4.79. The summed E-state index contributed by atoms with van der Waals surface area (Å²) in [7, 11) is 0. The third kappa shape index (κ3) is 1.70. The second-order valence-corrected chi connectivity index (χ2v) is 3.80. The van der Waals surface area contributed by atoms with Crippen molar-refractivity contribution in [2.45, 2.75) is 19.4 Å². The molecular weight excluding hydrogens is 181 g/mol. The molecule has 1 aliphatic rings. The molecule has 0 radical (unpaired) electrons. The molecule has 2 N–H and O–H groups in total. The SMILES string of the molecule is Cc1cc(N2CC[C@H](N)C2)cnc1F. The van der Waals surface area contributed by atoms with Gasteiger partial charge >= 0.3 is 0 Å². The highest BCUT2D eigenvalue weighted by Crippen LogP contribution is 2.20. The number of nitrogens with zero attached hydrogens (tertiary/aromatic N) is 2. The van der Waals surface area contributed by atoms with E-state index < -0.39 is 5.95 Å². The van der Waals surface area contributed by atoms with E-state index in [2.05, 4.69) is 9.88 Å². The van der Waals surface area contributed by atoms with E-state index in [9.17, 15) is 4.39 Å². The lowest BCUT2D eigenvalue weighted by Gasteiger charge is -2.17. The smallest absolute Gasteiger partial charge is 0.215 e. The number of hydrogen-bond acceptors (Lipinski definition) is 3. The summed E-state index contributed by atoms with van der Waals surface area (Å²) in [4.78, 5) is 5.84. The lowest BCUT2D eigenvalue weighted by atomic mass is 10.2. The molecule has 3 nitrogen and oxygen atoms in total. The summed E-state index contributed by atoms with van der Waals surface area (Å²) in [6.07, 6.45) is 2.57. The Morgan fingerprint density at radius 1 is 1.64 bits per heavy atom. The molecule has 1 aliphatic heterocycles. The molecular formula is C10H14FN3. The van der Waals surface area contributed by atoms with Crippen LogP contribution < -0.4 is 10.6 Å². The van der Waals surface area contributed by atoms with Crippen LogP contribution in [-0.4, -0.2) is 24.1 Å². The number of nitrogens with two attached hydrogens (primary N) is 1. The van der Waals surface area contributed by atoms with Gasteiger partial charge in [0, 0.05) is 24.7 Å². The number of rotatable bonds is 1. The van der Waals surface area contributed by atoms with E-state index in [1.807, 2.05) is 6.07 Å². The summed E-state index contributed by atoms with van der Waals surface area (Å²) in [6.45, 7) is 3.50. The molecule has 0 amide bonds. The van der Waals surface area contributed by atoms with E-state index >= 15 is 0 Å². The van der Waals surface area contributed by atoms with Gasteiger partial charge in [-0.25, -0.2) is 4.98 Å². The van der Waals surface area contributed by atoms with Crippen molar-refractivity contribution in [2.24, 2.45) is 5.73 Å². The van der Waals surface area contributed by atoms with Gasteiger partial charge in [-0.1, -0.05) is 0 Å². The molecule has 4 heteroatoms. The average Bonchev–Trinajstić information content (AvgIpc) is 2.57. The molecule has 1 aromatic rings. The van der Waals surface area contributed by atoms with Crippen molar-refractivity contribution in [2.75, 3.05) is 18.0 Å². The van der Waals surface area contributed by atoms with E-state index in [0.717, 1.165) is 25.2 Å². The zero-order valence-electron chi connectivity index (χ0n) is 8.20. The second-order valence-electron chi connectivity index (χ2n) is 3.80. The van der Waals surface area contributed by atoms with E-state index in [0.29, 0.717) is 5.56 Å². The predicted octanol–water partition coefficient (Wildman–Crippen LogP) is 1.07. The van der Waals surface area contributed by atoms with Gasteiger partial charge in [-0.2, -0.15) is 4.39 Å². The van der Waals surface area contributed by atoms with Gasteiger partial charge in [0.05, 0.1) is 11.9 Å². The number of halogens is 1. The monoisotopic (exact) mass is 195 g/mol. The predicted molar refractivity (Wildman–Crippen MR) is 53.7 cm³/mol. The van der Waals surface area contributed by atoms with Crippen LogP contribution in [0.15, 0.2) is 12.3 Å². The molecule has 0 unspecified atom stereocenters. The fourth-order valence-corrected chi connectivity index (χ4v) is 1.74. The molecule has 0 aromatic carbocycles. The van der Waals surface area contributed by atoms with Gasteiger partial charge in [-0.15, -0.1) is 0 Å². The maximum atomic E-state index is 12.9. The highest BCUT2D eigenvalue weighted by atomic mass is 19.1. The van der Waals surface area contributed by atoms with Crippen molar-refractivity contribution in [1.82, 2.24) is 4.98 Å². The quantitative estimate of drug-likeness (QED) is 0.681. The molecule has 0 aliphatic carbocycles. The van der Waals surface area contributed by atoms with E-state index in [1.54, 1.807) is 13.1 Å². The Bertz CT molecular complexity index is 340. The number of hydrogen-bond donors (Lipinski definition) is 1. The lowest BCUT2D eigenvalue weighted by Crippen LogP contribution is -2.26. The summed E-state index contributed by atoms with van der Waals surface area (Å²) in [6, 6.07) is 2.06. The molecule has 1 aromatic heterocycles. The molecule has 1 atom stereocenters. The van der Waals surface area contributed by atoms with Gasteiger partial charge < -0.3 is 10.6 Å². The van der Waals surface area contributed by atoms with Gasteiger partial charge in [0.1, 0.15) is 0 Å². The summed E-state index contributed by atoms with van der Waals surface area (Å²) in [5.41, 5.74) is 7.35. The number of anilines is 1. The Morgan fingerprint density at radius 2 is 2.43 bits per heavy atom. The van der Waals surface area contributed by atoms with Crippen LogP contribution in [0.2, 0.25) is 0 Å². The normalized spacial score (nSPS) is 21.6. The average molecular weight is 195 g/mol. The number of aromatic nitrogens is 1. The first-order chi connectivity index (χ1) is 6.66. The van der Waals surface area contributed by atoms with Crippen LogP contribution in [0.5, 0.6) is 0 Å². The zero-order chi connectivity index (χ0) is 10.1. The minimum atomic E-state index is -0.391. The summed E-state index contributed by atoms with van der Waals surface area (Å²) < 4.78 is 12.9. The Balaban J connectivity index is 2.20. The van der Waals surface area contributed by atoms with E-state index in [4.69, 9.17) is 5.73 Å². The molecule has 76 valence electrons. The van der Waals surface area contributed by atoms with Crippen molar-refractivity contribution in [1.29, 1.82) is 0 Å². The lowest BCUT2D eigenvalue weighted by molar-refractivity contribution is 0.574. The Hall–Kier alpha value is -1.16. The highest BCUT2D eigenvalue weighted by molar-refractivity contribution is 5.47. The minimum absolute atomic E-state index is 0.236. The zero-order valence-corrected chi connectivity index (χ0v) is 8.20. The summed E-state index contributed by atoms with van der Waals surface area (Å²) in [5, 5.41) is 0. The fourth-order valence-electron chi connectivity index (χ4n) is 1.74. The first-order valence-corrected chi connectivity index (χ1v) is 4.79. The van der Waals surface area contributed by atoms with Crippen LogP contribution in [0.3, 0.4) is 0 Å². The first kappa shape index (κ1) is 9.40. The van der Waals surface area contributed by atoms with E-state index in [-0.39, 0.29) is 6.04 Å². The molecule has 2 heterocycles. The molecule has 0 saturated carbocycles. The Morgan fingerprint density at radius 3 is 3.00 bits per heavy atom. The largest absolute Gasteiger partial charge is 0.369 e. The van der Waals surface area contributed by atoms with Crippen LogP contribution in [0.25, 0.3) is 0 Å². The van der Waals surface area contributed by atoms with E-state index in [1.165, 1.54) is 0 Å². The van der Waals surface area contributed by atoms with Gasteiger partial charge in [-0.05, 0) is 19.4 Å². The molecule has 14 heavy (non-hydrogen) atoms. The van der Waals surface area contributed by atoms with Crippen molar-refractivity contribution < 1.29 is 4.39 Å². The van der Waals surface area contributed by atoms with Crippen molar-refractivity contribution in [3.8, 4) is 0 Å². The van der Waals surface area contributed by atoms with Crippen LogP contribution in [-0.2, 0) is 0 Å². The highest BCUT2D eigenvalue weighted by Gasteiger charge is 2.19. The standard InChI is InChI=1S/C10H14FN3/c1-7-4-9(5-13-10(7)11)14-3-2-8(12)6-14/h4-5,8H,2-3,6,12H2,1H3/t8-/m0/s1. The van der Waals surface area contributed by atoms with Gasteiger partial charge in [0.2, 0.25) is 5.95 Å². The van der Waals surface area contributed by atoms with Gasteiger partial charge in [0.25, 0.3) is 0 Å². The van der Waals surface area contributed by atoms with Crippen LogP contribution in [0.1, 0.15) is 12.0 Å². The summed E-state index contributed by atoms with van der Waals surface area (Å²) >= 11 is 0. The number of aryl methyl sites for hydroxylation is 1. The van der Waals surface area contributed by atoms with Crippen LogP contribution in [0, 0.1) is 12.9 Å². The Kier molecular flexibility index (Phi) is 2.37. The van der Waals surface area contributed by atoms with Crippen molar-refractivity contribution >= 4 is 5.69 Å². The summed E-state index contributed by atoms with van der Waals surface area (Å²) in [5.74, 6) is -0.391. The number of pyridine rings is 1. The maximum Gasteiger partial charge on any atom is 0.215 e. The maximum absolute atomic E-state index is 12.9. The molecule has 1 saturated heterocycles. The topological polar surface area (TPSA) is 42.1 Å².